The number of nitrogens with one attached hydrogen (secondary N) is 1. The topological polar surface area (TPSA) is 68.0 Å². The fraction of sp³-hybridized carbons (Fsp3) is 0.200. The minimum Gasteiger partial charge on any atom is -0.321 e. The van der Waals surface area contributed by atoms with Gasteiger partial charge in [0.1, 0.15) is 4.88 Å². The number of thiazole rings is 1. The Kier molecular flexibility index (Phi) is 4.51. The molecule has 0 saturated heterocycles. The first kappa shape index (κ1) is 14.3. The van der Waals surface area contributed by atoms with Gasteiger partial charge in [0.25, 0.3) is 5.91 Å². The van der Waals surface area contributed by atoms with E-state index >= 15 is 0 Å². The van der Waals surface area contributed by atoms with Crippen molar-refractivity contribution in [1.82, 2.24) is 4.98 Å². The molecule has 3 N–H and O–H groups in total. The first-order valence-corrected chi connectivity index (χ1v) is 7.01. The van der Waals surface area contributed by atoms with E-state index in [1.54, 1.807) is 5.51 Å². The van der Waals surface area contributed by atoms with Crippen molar-refractivity contribution in [2.45, 2.75) is 13.8 Å². The van der Waals surface area contributed by atoms with Crippen molar-refractivity contribution in [2.75, 3.05) is 11.9 Å². The van der Waals surface area contributed by atoms with Gasteiger partial charge in [-0.25, -0.2) is 4.98 Å². The van der Waals surface area contributed by atoms with Crippen LogP contribution in [-0.4, -0.2) is 17.4 Å². The molecule has 0 bridgehead atoms. The van der Waals surface area contributed by atoms with E-state index in [0.717, 1.165) is 22.5 Å². The SMILES string of the molecule is Cc1cc(NC(=O)c2scnc2C)ccc1C#CCN. The minimum absolute atomic E-state index is 0.134. The van der Waals surface area contributed by atoms with Crippen LogP contribution in [0.25, 0.3) is 0 Å². The third kappa shape index (κ3) is 3.23. The van der Waals surface area contributed by atoms with Crippen molar-refractivity contribution in [3.63, 3.8) is 0 Å². The molecule has 0 aliphatic rings. The van der Waals surface area contributed by atoms with Crippen molar-refractivity contribution in [1.29, 1.82) is 0 Å². The summed E-state index contributed by atoms with van der Waals surface area (Å²) in [4.78, 5) is 16.8. The molecule has 0 aliphatic heterocycles. The first-order valence-electron chi connectivity index (χ1n) is 6.13. The van der Waals surface area contributed by atoms with E-state index in [1.165, 1.54) is 11.3 Å². The minimum atomic E-state index is -0.134. The Morgan fingerprint density at radius 3 is 2.85 bits per heavy atom. The Morgan fingerprint density at radius 1 is 1.45 bits per heavy atom. The van der Waals surface area contributed by atoms with Crippen LogP contribution in [0.3, 0.4) is 0 Å². The number of carbonyl (C=O) groups is 1. The van der Waals surface area contributed by atoms with Gasteiger partial charge in [0, 0.05) is 11.3 Å². The number of rotatable bonds is 2. The van der Waals surface area contributed by atoms with Gasteiger partial charge in [-0.2, -0.15) is 0 Å². The van der Waals surface area contributed by atoms with Crippen LogP contribution in [0.2, 0.25) is 0 Å². The third-order valence-electron chi connectivity index (χ3n) is 2.76. The van der Waals surface area contributed by atoms with E-state index in [1.807, 2.05) is 32.0 Å². The van der Waals surface area contributed by atoms with Gasteiger partial charge >= 0.3 is 0 Å². The zero-order chi connectivity index (χ0) is 14.5. The van der Waals surface area contributed by atoms with E-state index in [9.17, 15) is 4.79 Å². The fourth-order valence-electron chi connectivity index (χ4n) is 1.74. The summed E-state index contributed by atoms with van der Waals surface area (Å²) >= 11 is 1.34. The maximum absolute atomic E-state index is 12.1. The summed E-state index contributed by atoms with van der Waals surface area (Å²) < 4.78 is 0. The molecular formula is C15H15N3OS. The van der Waals surface area contributed by atoms with Crippen LogP contribution in [0.4, 0.5) is 5.69 Å². The summed E-state index contributed by atoms with van der Waals surface area (Å²) in [5.41, 5.74) is 10.4. The molecule has 102 valence electrons. The van der Waals surface area contributed by atoms with Crippen LogP contribution >= 0.6 is 11.3 Å². The highest BCUT2D eigenvalue weighted by Gasteiger charge is 2.12. The van der Waals surface area contributed by atoms with Crippen LogP contribution in [-0.2, 0) is 0 Å². The Morgan fingerprint density at radius 2 is 2.25 bits per heavy atom. The average molecular weight is 285 g/mol. The molecule has 5 heteroatoms. The molecule has 0 atom stereocenters. The molecule has 1 aromatic heterocycles. The van der Waals surface area contributed by atoms with Gasteiger partial charge in [-0.1, -0.05) is 11.8 Å². The molecule has 0 radical (unpaired) electrons. The summed E-state index contributed by atoms with van der Waals surface area (Å²) in [6.45, 7) is 4.11. The normalized spacial score (nSPS) is 9.75. The molecule has 0 spiro atoms. The lowest BCUT2D eigenvalue weighted by molar-refractivity contribution is 0.103. The van der Waals surface area contributed by atoms with Crippen LogP contribution in [0.15, 0.2) is 23.7 Å². The van der Waals surface area contributed by atoms with Gasteiger partial charge in [0.05, 0.1) is 17.7 Å². The monoisotopic (exact) mass is 285 g/mol. The van der Waals surface area contributed by atoms with Gasteiger partial charge in [0.15, 0.2) is 0 Å². The van der Waals surface area contributed by atoms with Crippen molar-refractivity contribution in [2.24, 2.45) is 5.73 Å². The molecule has 1 aromatic carbocycles. The van der Waals surface area contributed by atoms with E-state index < -0.39 is 0 Å². The Bertz CT molecular complexity index is 695. The van der Waals surface area contributed by atoms with Gasteiger partial charge < -0.3 is 11.1 Å². The summed E-state index contributed by atoms with van der Waals surface area (Å²) in [7, 11) is 0. The molecule has 20 heavy (non-hydrogen) atoms. The number of nitrogens with zero attached hydrogens (tertiary/aromatic N) is 1. The maximum atomic E-state index is 12.1. The second-order valence-electron chi connectivity index (χ2n) is 4.26. The molecule has 2 aromatic rings. The summed E-state index contributed by atoms with van der Waals surface area (Å²) in [6, 6.07) is 5.61. The molecule has 0 saturated carbocycles. The van der Waals surface area contributed by atoms with Crippen molar-refractivity contribution in [3.05, 3.63) is 45.4 Å². The predicted octanol–water partition coefficient (Wildman–Crippen LogP) is 2.32. The van der Waals surface area contributed by atoms with Crippen molar-refractivity contribution >= 4 is 22.9 Å². The molecule has 0 fully saturated rings. The summed E-state index contributed by atoms with van der Waals surface area (Å²) in [5.74, 6) is 5.68. The second-order valence-corrected chi connectivity index (χ2v) is 5.11. The highest BCUT2D eigenvalue weighted by atomic mass is 32.1. The summed E-state index contributed by atoms with van der Waals surface area (Å²) in [5, 5.41) is 2.87. The van der Waals surface area contributed by atoms with Crippen molar-refractivity contribution < 1.29 is 4.79 Å². The quantitative estimate of drug-likeness (QED) is 0.832. The van der Waals surface area contributed by atoms with E-state index in [4.69, 9.17) is 5.73 Å². The highest BCUT2D eigenvalue weighted by molar-refractivity contribution is 7.12. The fourth-order valence-corrected chi connectivity index (χ4v) is 2.43. The number of hydrogen-bond acceptors (Lipinski definition) is 4. The smallest absolute Gasteiger partial charge is 0.267 e. The second kappa shape index (κ2) is 6.33. The van der Waals surface area contributed by atoms with Crippen LogP contribution in [0.1, 0.15) is 26.5 Å². The molecule has 2 rings (SSSR count). The number of aromatic nitrogens is 1. The standard InChI is InChI=1S/C15H15N3OS/c1-10-8-13(6-5-12(10)4-3-7-16)18-15(19)14-11(2)17-9-20-14/h5-6,8-9H,7,16H2,1-2H3,(H,18,19). The zero-order valence-corrected chi connectivity index (χ0v) is 12.2. The van der Waals surface area contributed by atoms with Crippen molar-refractivity contribution in [3.8, 4) is 11.8 Å². The van der Waals surface area contributed by atoms with Gasteiger partial charge in [-0.15, -0.1) is 11.3 Å². The highest BCUT2D eigenvalue weighted by Crippen LogP contribution is 2.18. The average Bonchev–Trinajstić information content (AvgIpc) is 2.84. The molecule has 1 heterocycles. The number of carbonyl (C=O) groups excluding carboxylic acids is 1. The number of nitrogens with two attached hydrogens (primary N) is 1. The van der Waals surface area contributed by atoms with Crippen LogP contribution in [0, 0.1) is 25.7 Å². The molecule has 0 unspecified atom stereocenters. The third-order valence-corrected chi connectivity index (χ3v) is 3.69. The number of amides is 1. The van der Waals surface area contributed by atoms with E-state index in [0.29, 0.717) is 11.4 Å². The van der Waals surface area contributed by atoms with Crippen LogP contribution < -0.4 is 11.1 Å². The Balaban J connectivity index is 2.17. The zero-order valence-electron chi connectivity index (χ0n) is 11.4. The molecule has 0 aliphatic carbocycles. The van der Waals surface area contributed by atoms with E-state index in [2.05, 4.69) is 22.1 Å². The molecule has 1 amide bonds. The van der Waals surface area contributed by atoms with E-state index in [-0.39, 0.29) is 5.91 Å². The predicted molar refractivity (Wildman–Crippen MR) is 81.9 cm³/mol. The summed E-state index contributed by atoms with van der Waals surface area (Å²) in [6.07, 6.45) is 0. The Labute approximate surface area is 122 Å². The maximum Gasteiger partial charge on any atom is 0.267 e. The lowest BCUT2D eigenvalue weighted by Crippen LogP contribution is -2.11. The lowest BCUT2D eigenvalue weighted by atomic mass is 10.1. The number of hydrogen-bond donors (Lipinski definition) is 2. The Hall–Kier alpha value is -2.16. The van der Waals surface area contributed by atoms with Gasteiger partial charge in [-0.05, 0) is 37.6 Å². The number of anilines is 1. The largest absolute Gasteiger partial charge is 0.321 e. The van der Waals surface area contributed by atoms with Gasteiger partial charge in [-0.3, -0.25) is 4.79 Å². The lowest BCUT2D eigenvalue weighted by Gasteiger charge is -2.06. The molecular weight excluding hydrogens is 270 g/mol. The van der Waals surface area contributed by atoms with Crippen LogP contribution in [0.5, 0.6) is 0 Å². The number of aryl methyl sites for hydroxylation is 2. The molecule has 4 nitrogen and oxygen atoms in total. The number of benzene rings is 1. The first-order chi connectivity index (χ1) is 9.61. The van der Waals surface area contributed by atoms with Gasteiger partial charge in [0.2, 0.25) is 0 Å².